The van der Waals surface area contributed by atoms with Crippen LogP contribution in [0.3, 0.4) is 0 Å². The molecule has 1 heterocycles. The van der Waals surface area contributed by atoms with Gasteiger partial charge in [0.1, 0.15) is 11.4 Å². The topological polar surface area (TPSA) is 62.5 Å². The Hall–Kier alpha value is -1.97. The summed E-state index contributed by atoms with van der Waals surface area (Å²) in [7, 11) is 1.68. The van der Waals surface area contributed by atoms with Crippen molar-refractivity contribution < 1.29 is 15.0 Å². The fourth-order valence-corrected chi connectivity index (χ4v) is 2.08. The Morgan fingerprint density at radius 1 is 1.35 bits per heavy atom. The maximum atomic E-state index is 11.0. The summed E-state index contributed by atoms with van der Waals surface area (Å²) in [5.41, 5.74) is 1.74. The summed E-state index contributed by atoms with van der Waals surface area (Å²) in [5, 5.41) is 19.8. The molecule has 0 saturated heterocycles. The molecule has 90 valence electrons. The minimum absolute atomic E-state index is 0.177. The normalized spacial score (nSPS) is 11.3. The van der Waals surface area contributed by atoms with Crippen molar-refractivity contribution in [3.05, 3.63) is 29.5 Å². The molecule has 0 amide bonds. The fourth-order valence-electron chi connectivity index (χ4n) is 2.08. The van der Waals surface area contributed by atoms with Crippen LogP contribution in [0.4, 0.5) is 0 Å². The van der Waals surface area contributed by atoms with Crippen LogP contribution in [0, 0.1) is 0 Å². The largest absolute Gasteiger partial charge is 0.507 e. The molecule has 1 aromatic heterocycles. The van der Waals surface area contributed by atoms with Crippen molar-refractivity contribution in [2.45, 2.75) is 19.8 Å². The Morgan fingerprint density at radius 2 is 2.00 bits per heavy atom. The lowest BCUT2D eigenvalue weighted by molar-refractivity contribution is 0.0687. The quantitative estimate of drug-likeness (QED) is 0.838. The van der Waals surface area contributed by atoms with E-state index in [0.29, 0.717) is 5.39 Å². The average molecular weight is 233 g/mol. The molecule has 0 radical (unpaired) electrons. The number of aromatic carboxylic acids is 1. The van der Waals surface area contributed by atoms with Gasteiger partial charge in [-0.25, -0.2) is 4.79 Å². The first-order valence-electron chi connectivity index (χ1n) is 5.48. The molecule has 0 bridgehead atoms. The van der Waals surface area contributed by atoms with Crippen molar-refractivity contribution in [3.8, 4) is 5.75 Å². The number of hydrogen-bond donors (Lipinski definition) is 2. The molecule has 2 N–H and O–H groups in total. The summed E-state index contributed by atoms with van der Waals surface area (Å²) in [6.45, 7) is 3.98. The Labute approximate surface area is 99.1 Å². The van der Waals surface area contributed by atoms with E-state index in [1.807, 2.05) is 26.0 Å². The predicted molar refractivity (Wildman–Crippen MR) is 65.6 cm³/mol. The number of fused-ring (bicyclic) bond motifs is 1. The molecule has 0 aliphatic carbocycles. The lowest BCUT2D eigenvalue weighted by Gasteiger charge is -2.09. The lowest BCUT2D eigenvalue weighted by Crippen LogP contribution is -2.03. The highest BCUT2D eigenvalue weighted by atomic mass is 16.4. The van der Waals surface area contributed by atoms with Gasteiger partial charge in [0.25, 0.3) is 0 Å². The van der Waals surface area contributed by atoms with Crippen molar-refractivity contribution in [2.75, 3.05) is 0 Å². The summed E-state index contributed by atoms with van der Waals surface area (Å²) in [6, 6.07) is 5.20. The maximum Gasteiger partial charge on any atom is 0.352 e. The van der Waals surface area contributed by atoms with E-state index in [1.54, 1.807) is 11.6 Å². The van der Waals surface area contributed by atoms with Crippen LogP contribution in [-0.2, 0) is 7.05 Å². The zero-order chi connectivity index (χ0) is 12.7. The number of nitrogens with zero attached hydrogens (tertiary/aromatic N) is 1. The first kappa shape index (κ1) is 11.5. The molecule has 1 aromatic carbocycles. The molecule has 2 aromatic rings. The highest BCUT2D eigenvalue weighted by Crippen LogP contribution is 2.34. The minimum Gasteiger partial charge on any atom is -0.507 e. The van der Waals surface area contributed by atoms with Gasteiger partial charge in [-0.05, 0) is 23.6 Å². The minimum atomic E-state index is -0.991. The number of hydrogen-bond acceptors (Lipinski definition) is 2. The number of aryl methyl sites for hydroxylation is 1. The van der Waals surface area contributed by atoms with E-state index in [-0.39, 0.29) is 17.4 Å². The van der Waals surface area contributed by atoms with Crippen LogP contribution in [0.25, 0.3) is 10.9 Å². The van der Waals surface area contributed by atoms with E-state index in [0.717, 1.165) is 11.1 Å². The number of phenolic OH excluding ortho intramolecular Hbond substituents is 1. The highest BCUT2D eigenvalue weighted by molar-refractivity contribution is 5.97. The highest BCUT2D eigenvalue weighted by Gasteiger charge is 2.17. The van der Waals surface area contributed by atoms with E-state index in [2.05, 4.69) is 0 Å². The maximum absolute atomic E-state index is 11.0. The third kappa shape index (κ3) is 1.65. The van der Waals surface area contributed by atoms with Crippen LogP contribution in [0.2, 0.25) is 0 Å². The third-order valence-electron chi connectivity index (χ3n) is 3.07. The van der Waals surface area contributed by atoms with Crippen LogP contribution in [0.15, 0.2) is 18.2 Å². The molecule has 0 fully saturated rings. The molecule has 4 nitrogen and oxygen atoms in total. The number of phenols is 1. The summed E-state index contributed by atoms with van der Waals surface area (Å²) >= 11 is 0. The number of rotatable bonds is 2. The molecule has 2 rings (SSSR count). The number of aromatic nitrogens is 1. The summed E-state index contributed by atoms with van der Waals surface area (Å²) < 4.78 is 1.57. The number of carboxylic acid groups (broad SMARTS) is 1. The van der Waals surface area contributed by atoms with Crippen molar-refractivity contribution in [1.29, 1.82) is 0 Å². The zero-order valence-electron chi connectivity index (χ0n) is 10.1. The monoisotopic (exact) mass is 233 g/mol. The summed E-state index contributed by atoms with van der Waals surface area (Å²) in [5.74, 6) is -0.609. The van der Waals surface area contributed by atoms with Gasteiger partial charge >= 0.3 is 5.97 Å². The third-order valence-corrected chi connectivity index (χ3v) is 3.07. The van der Waals surface area contributed by atoms with E-state index >= 15 is 0 Å². The van der Waals surface area contributed by atoms with Crippen LogP contribution in [0.5, 0.6) is 5.75 Å². The molecule has 0 saturated carbocycles. The molecular weight excluding hydrogens is 218 g/mol. The second-order valence-corrected chi connectivity index (χ2v) is 4.48. The zero-order valence-corrected chi connectivity index (χ0v) is 10.1. The second-order valence-electron chi connectivity index (χ2n) is 4.48. The fraction of sp³-hybridized carbons (Fsp3) is 0.308. The van der Waals surface area contributed by atoms with Crippen molar-refractivity contribution >= 4 is 16.9 Å². The summed E-state index contributed by atoms with van der Waals surface area (Å²) in [6.07, 6.45) is 0. The predicted octanol–water partition coefficient (Wildman–Crippen LogP) is 2.71. The standard InChI is InChI=1S/C13H15NO3/c1-7(2)8-4-5-10-9(12(8)15)6-11(13(16)17)14(10)3/h4-7,15H,1-3H3,(H,16,17). The lowest BCUT2D eigenvalue weighted by atomic mass is 10.0. The van der Waals surface area contributed by atoms with Gasteiger partial charge < -0.3 is 14.8 Å². The van der Waals surface area contributed by atoms with Crippen molar-refractivity contribution in [3.63, 3.8) is 0 Å². The Morgan fingerprint density at radius 3 is 2.53 bits per heavy atom. The van der Waals surface area contributed by atoms with E-state index in [4.69, 9.17) is 5.11 Å². The number of aromatic hydroxyl groups is 1. The average Bonchev–Trinajstić information content (AvgIpc) is 2.57. The molecule has 0 spiro atoms. The molecule has 4 heteroatoms. The van der Waals surface area contributed by atoms with Crippen LogP contribution < -0.4 is 0 Å². The van der Waals surface area contributed by atoms with Crippen molar-refractivity contribution in [2.24, 2.45) is 7.05 Å². The second kappa shape index (κ2) is 3.80. The summed E-state index contributed by atoms with van der Waals surface area (Å²) in [4.78, 5) is 11.0. The van der Waals surface area contributed by atoms with Crippen LogP contribution >= 0.6 is 0 Å². The van der Waals surface area contributed by atoms with Crippen molar-refractivity contribution in [1.82, 2.24) is 4.57 Å². The van der Waals surface area contributed by atoms with Gasteiger partial charge in [0.2, 0.25) is 0 Å². The molecule has 0 aliphatic heterocycles. The Kier molecular flexibility index (Phi) is 2.58. The van der Waals surface area contributed by atoms with Crippen LogP contribution in [0.1, 0.15) is 35.8 Å². The van der Waals surface area contributed by atoms with Gasteiger partial charge in [0.15, 0.2) is 0 Å². The van der Waals surface area contributed by atoms with Gasteiger partial charge in [-0.15, -0.1) is 0 Å². The number of benzene rings is 1. The molecule has 0 aliphatic rings. The number of carboxylic acids is 1. The van der Waals surface area contributed by atoms with Gasteiger partial charge in [-0.3, -0.25) is 0 Å². The molecule has 0 unspecified atom stereocenters. The van der Waals surface area contributed by atoms with Gasteiger partial charge in [0.05, 0.1) is 5.52 Å². The SMILES string of the molecule is CC(C)c1ccc2c(cc(C(=O)O)n2C)c1O. The van der Waals surface area contributed by atoms with E-state index < -0.39 is 5.97 Å². The first-order valence-corrected chi connectivity index (χ1v) is 5.48. The first-order chi connectivity index (χ1) is 7.93. The van der Waals surface area contributed by atoms with Gasteiger partial charge in [0, 0.05) is 12.4 Å². The molecule has 0 atom stereocenters. The molecule has 17 heavy (non-hydrogen) atoms. The van der Waals surface area contributed by atoms with Crippen LogP contribution in [-0.4, -0.2) is 20.7 Å². The molecular formula is C13H15NO3. The van der Waals surface area contributed by atoms with Gasteiger partial charge in [-0.2, -0.15) is 0 Å². The van der Waals surface area contributed by atoms with E-state index in [9.17, 15) is 9.90 Å². The number of carbonyl (C=O) groups is 1. The van der Waals surface area contributed by atoms with E-state index in [1.165, 1.54) is 6.07 Å². The Bertz CT molecular complexity index is 596. The Balaban J connectivity index is 2.79. The van der Waals surface area contributed by atoms with Gasteiger partial charge in [-0.1, -0.05) is 19.9 Å². The smallest absolute Gasteiger partial charge is 0.352 e.